The first-order valence-corrected chi connectivity index (χ1v) is 13.1. The molecule has 0 bridgehead atoms. The van der Waals surface area contributed by atoms with Gasteiger partial charge in [0.25, 0.3) is 0 Å². The van der Waals surface area contributed by atoms with E-state index in [0.29, 0.717) is 29.3 Å². The second-order valence-corrected chi connectivity index (χ2v) is 9.72. The molecule has 7 heteroatoms. The van der Waals surface area contributed by atoms with E-state index in [4.69, 9.17) is 14.1 Å². The number of rotatable bonds is 8. The number of carbonyl (C=O) groups excluding carboxylic acids is 1. The molecular formula is C31H26N2O4S. The van der Waals surface area contributed by atoms with Crippen molar-refractivity contribution >= 4 is 22.8 Å². The first kappa shape index (κ1) is 25.2. The third-order valence-electron chi connectivity index (χ3n) is 5.99. The van der Waals surface area contributed by atoms with Gasteiger partial charge in [-0.3, -0.25) is 4.79 Å². The van der Waals surface area contributed by atoms with Crippen molar-refractivity contribution in [2.24, 2.45) is 4.99 Å². The number of hydrogen-bond acceptors (Lipinski definition) is 6. The van der Waals surface area contributed by atoms with Gasteiger partial charge in [0.05, 0.1) is 17.9 Å². The van der Waals surface area contributed by atoms with Crippen molar-refractivity contribution in [3.05, 3.63) is 134 Å². The van der Waals surface area contributed by atoms with Crippen LogP contribution in [0, 0.1) is 13.8 Å². The van der Waals surface area contributed by atoms with E-state index < -0.39 is 5.63 Å². The molecule has 0 fully saturated rings. The number of thiazole rings is 1. The van der Waals surface area contributed by atoms with Crippen LogP contribution in [0.2, 0.25) is 0 Å². The molecular weight excluding hydrogens is 496 g/mol. The van der Waals surface area contributed by atoms with Crippen molar-refractivity contribution in [1.29, 1.82) is 0 Å². The number of ketones is 1. The number of aromatic nitrogens is 1. The van der Waals surface area contributed by atoms with E-state index >= 15 is 0 Å². The summed E-state index contributed by atoms with van der Waals surface area (Å²) in [7, 11) is 0. The van der Waals surface area contributed by atoms with Crippen LogP contribution < -0.4 is 15.2 Å². The zero-order chi connectivity index (χ0) is 26.5. The van der Waals surface area contributed by atoms with Crippen molar-refractivity contribution in [3.8, 4) is 17.0 Å². The molecule has 0 aliphatic heterocycles. The molecule has 0 radical (unpaired) electrons. The Morgan fingerprint density at radius 2 is 1.63 bits per heavy atom. The first-order chi connectivity index (χ1) is 18.5. The number of benzene rings is 3. The van der Waals surface area contributed by atoms with Crippen LogP contribution in [0.25, 0.3) is 11.3 Å². The molecule has 0 atom stereocenters. The van der Waals surface area contributed by atoms with Gasteiger partial charge in [0, 0.05) is 17.0 Å². The van der Waals surface area contributed by atoms with Crippen LogP contribution >= 0.6 is 11.3 Å². The molecule has 5 rings (SSSR count). The molecule has 190 valence electrons. The van der Waals surface area contributed by atoms with Gasteiger partial charge < -0.3 is 13.7 Å². The molecule has 0 unspecified atom stereocenters. The van der Waals surface area contributed by atoms with Gasteiger partial charge in [-0.25, -0.2) is 9.79 Å². The van der Waals surface area contributed by atoms with Crippen LogP contribution in [-0.4, -0.2) is 17.0 Å². The molecule has 0 saturated heterocycles. The number of Topliss-reactive ketones (excluding diaryl/α,β-unsaturated/α-hetero) is 1. The highest BCUT2D eigenvalue weighted by Crippen LogP contribution is 2.29. The fraction of sp³-hybridized carbons (Fsp3) is 0.129. The van der Waals surface area contributed by atoms with Gasteiger partial charge in [0.1, 0.15) is 17.1 Å². The molecule has 2 heterocycles. The molecule has 6 nitrogen and oxygen atoms in total. The van der Waals surface area contributed by atoms with Gasteiger partial charge in [-0.2, -0.15) is 0 Å². The van der Waals surface area contributed by atoms with Crippen LogP contribution in [0.1, 0.15) is 27.2 Å². The average Bonchev–Trinajstić information content (AvgIpc) is 3.30. The van der Waals surface area contributed by atoms with Gasteiger partial charge in [0.2, 0.25) is 0 Å². The highest BCUT2D eigenvalue weighted by Gasteiger charge is 2.21. The summed E-state index contributed by atoms with van der Waals surface area (Å²) in [6, 6.07) is 28.5. The minimum atomic E-state index is -0.534. The maximum atomic E-state index is 13.2. The van der Waals surface area contributed by atoms with E-state index in [-0.39, 0.29) is 18.0 Å². The number of ether oxygens (including phenoxy) is 1. The molecule has 3 aromatic carbocycles. The lowest BCUT2D eigenvalue weighted by Gasteiger charge is -2.13. The van der Waals surface area contributed by atoms with Gasteiger partial charge in [0.15, 0.2) is 17.2 Å². The SMILES string of the molecule is Cc1ccc(N=c2scc(-c3c(OCC(=O)c4ccccc4)cc(C)oc3=O)n2Cc2ccccc2)cc1. The second-order valence-electron chi connectivity index (χ2n) is 8.88. The average molecular weight is 523 g/mol. The van der Waals surface area contributed by atoms with Crippen molar-refractivity contribution in [2.75, 3.05) is 6.61 Å². The summed E-state index contributed by atoms with van der Waals surface area (Å²) in [5, 5.41) is 1.88. The van der Waals surface area contributed by atoms with Crippen molar-refractivity contribution in [2.45, 2.75) is 20.4 Å². The third kappa shape index (κ3) is 5.74. The molecule has 0 spiro atoms. The Morgan fingerprint density at radius 1 is 0.947 bits per heavy atom. The molecule has 0 amide bonds. The highest BCUT2D eigenvalue weighted by molar-refractivity contribution is 7.07. The summed E-state index contributed by atoms with van der Waals surface area (Å²) < 4.78 is 13.4. The standard InChI is InChI=1S/C31H26N2O4S/c1-21-13-15-25(16-14-21)32-31-33(18-23-9-5-3-6-10-23)26(20-38-31)29-28(17-22(2)37-30(29)35)36-19-27(34)24-11-7-4-8-12-24/h3-17,20H,18-19H2,1-2H3. The zero-order valence-electron chi connectivity index (χ0n) is 21.1. The predicted octanol–water partition coefficient (Wildman–Crippen LogP) is 6.33. The number of nitrogens with zero attached hydrogens (tertiary/aromatic N) is 2. The van der Waals surface area contributed by atoms with Crippen LogP contribution in [-0.2, 0) is 6.54 Å². The summed E-state index contributed by atoms with van der Waals surface area (Å²) in [5.41, 5.74) is 3.89. The highest BCUT2D eigenvalue weighted by atomic mass is 32.1. The Balaban J connectivity index is 1.60. The number of hydrogen-bond donors (Lipinski definition) is 0. The fourth-order valence-electron chi connectivity index (χ4n) is 4.05. The first-order valence-electron chi connectivity index (χ1n) is 12.2. The second kappa shape index (κ2) is 11.3. The van der Waals surface area contributed by atoms with Gasteiger partial charge in [-0.05, 0) is 31.5 Å². The molecule has 2 aromatic heterocycles. The van der Waals surface area contributed by atoms with Crippen LogP contribution in [0.5, 0.6) is 5.75 Å². The van der Waals surface area contributed by atoms with Gasteiger partial charge in [-0.1, -0.05) is 78.4 Å². The zero-order valence-corrected chi connectivity index (χ0v) is 21.9. The Labute approximate surface area is 224 Å². The Hall–Kier alpha value is -4.49. The molecule has 38 heavy (non-hydrogen) atoms. The topological polar surface area (TPSA) is 73.8 Å². The lowest BCUT2D eigenvalue weighted by atomic mass is 10.1. The maximum absolute atomic E-state index is 13.2. The number of aryl methyl sites for hydroxylation is 2. The largest absolute Gasteiger partial charge is 0.484 e. The lowest BCUT2D eigenvalue weighted by molar-refractivity contribution is 0.0921. The Morgan fingerprint density at radius 3 is 2.34 bits per heavy atom. The van der Waals surface area contributed by atoms with E-state index in [9.17, 15) is 9.59 Å². The summed E-state index contributed by atoms with van der Waals surface area (Å²) in [4.78, 5) is 31.5. The van der Waals surface area contributed by atoms with E-state index in [0.717, 1.165) is 21.6 Å². The summed E-state index contributed by atoms with van der Waals surface area (Å²) >= 11 is 1.43. The fourth-order valence-corrected chi connectivity index (χ4v) is 4.96. The quantitative estimate of drug-likeness (QED) is 0.223. The third-order valence-corrected chi connectivity index (χ3v) is 6.85. The minimum Gasteiger partial charge on any atom is -0.484 e. The van der Waals surface area contributed by atoms with E-state index in [1.54, 1.807) is 37.3 Å². The van der Waals surface area contributed by atoms with Gasteiger partial charge in [-0.15, -0.1) is 11.3 Å². The van der Waals surface area contributed by atoms with Crippen LogP contribution in [0.3, 0.4) is 0 Å². The molecule has 0 aliphatic rings. The van der Waals surface area contributed by atoms with Crippen LogP contribution in [0.15, 0.2) is 111 Å². The summed E-state index contributed by atoms with van der Waals surface area (Å²) in [5.74, 6) is 0.514. The molecule has 0 aliphatic carbocycles. The molecule has 5 aromatic rings. The van der Waals surface area contributed by atoms with Crippen molar-refractivity contribution in [1.82, 2.24) is 4.57 Å². The van der Waals surface area contributed by atoms with E-state index in [2.05, 4.69) is 0 Å². The number of carbonyl (C=O) groups is 1. The summed E-state index contributed by atoms with van der Waals surface area (Å²) in [6.45, 7) is 3.99. The Bertz CT molecular complexity index is 1680. The Kier molecular flexibility index (Phi) is 7.47. The van der Waals surface area contributed by atoms with Gasteiger partial charge >= 0.3 is 5.63 Å². The summed E-state index contributed by atoms with van der Waals surface area (Å²) in [6.07, 6.45) is 0. The smallest absolute Gasteiger partial charge is 0.349 e. The molecule has 0 saturated carbocycles. The van der Waals surface area contributed by atoms with Crippen LogP contribution in [0.4, 0.5) is 5.69 Å². The van der Waals surface area contributed by atoms with Crippen molar-refractivity contribution < 1.29 is 13.9 Å². The monoisotopic (exact) mass is 522 g/mol. The van der Waals surface area contributed by atoms with Crippen molar-refractivity contribution in [3.63, 3.8) is 0 Å². The van der Waals surface area contributed by atoms with E-state index in [1.165, 1.54) is 11.3 Å². The molecule has 0 N–H and O–H groups in total. The lowest BCUT2D eigenvalue weighted by Crippen LogP contribution is -2.20. The normalized spacial score (nSPS) is 11.5. The maximum Gasteiger partial charge on any atom is 0.349 e. The predicted molar refractivity (Wildman–Crippen MR) is 149 cm³/mol. The van der Waals surface area contributed by atoms with E-state index in [1.807, 2.05) is 77.5 Å². The minimum absolute atomic E-state index is 0.181.